The summed E-state index contributed by atoms with van der Waals surface area (Å²) in [5.41, 5.74) is 1.31. The number of piperidine rings is 1. The number of hydrogen-bond acceptors (Lipinski definition) is 3. The lowest BCUT2D eigenvalue weighted by molar-refractivity contribution is 0.125. The van der Waals surface area contributed by atoms with Crippen LogP contribution in [0.4, 0.5) is 0 Å². The lowest BCUT2D eigenvalue weighted by atomic mass is 9.85. The SMILES string of the molecule is CCNC(=NCC1CCCN(C)C1c1cccc(Cl)c1)N1CCC(COC)C1.I. The van der Waals surface area contributed by atoms with Crippen molar-refractivity contribution < 1.29 is 4.74 Å². The van der Waals surface area contributed by atoms with Gasteiger partial charge in [0.25, 0.3) is 0 Å². The van der Waals surface area contributed by atoms with E-state index in [1.807, 2.05) is 6.07 Å². The molecule has 2 aliphatic heterocycles. The molecule has 3 rings (SSSR count). The third-order valence-electron chi connectivity index (χ3n) is 6.00. The van der Waals surface area contributed by atoms with Crippen LogP contribution in [-0.4, -0.2) is 69.2 Å². The summed E-state index contributed by atoms with van der Waals surface area (Å²) in [7, 11) is 4.01. The van der Waals surface area contributed by atoms with Crippen LogP contribution >= 0.6 is 35.6 Å². The van der Waals surface area contributed by atoms with E-state index in [0.717, 1.165) is 50.3 Å². The third-order valence-corrected chi connectivity index (χ3v) is 6.23. The van der Waals surface area contributed by atoms with E-state index in [1.54, 1.807) is 7.11 Å². The highest BCUT2D eigenvalue weighted by Crippen LogP contribution is 2.36. The number of halogens is 2. The molecule has 1 aromatic rings. The zero-order valence-electron chi connectivity index (χ0n) is 17.9. The van der Waals surface area contributed by atoms with Gasteiger partial charge in [-0.1, -0.05) is 23.7 Å². The van der Waals surface area contributed by atoms with Gasteiger partial charge < -0.3 is 15.0 Å². The van der Waals surface area contributed by atoms with Crippen molar-refractivity contribution in [3.63, 3.8) is 0 Å². The predicted molar refractivity (Wildman–Crippen MR) is 132 cm³/mol. The summed E-state index contributed by atoms with van der Waals surface area (Å²) in [5.74, 6) is 2.16. The van der Waals surface area contributed by atoms with Crippen LogP contribution in [0.2, 0.25) is 5.02 Å². The summed E-state index contributed by atoms with van der Waals surface area (Å²) in [5, 5.41) is 4.32. The molecule has 0 saturated carbocycles. The minimum Gasteiger partial charge on any atom is -0.384 e. The third kappa shape index (κ3) is 6.71. The van der Waals surface area contributed by atoms with Crippen molar-refractivity contribution in [2.45, 2.75) is 32.2 Å². The first-order valence-electron chi connectivity index (χ1n) is 10.6. The highest BCUT2D eigenvalue weighted by Gasteiger charge is 2.31. The lowest BCUT2D eigenvalue weighted by Gasteiger charge is -2.39. The van der Waals surface area contributed by atoms with Gasteiger partial charge in [-0.25, -0.2) is 0 Å². The van der Waals surface area contributed by atoms with E-state index in [0.29, 0.717) is 17.9 Å². The molecule has 7 heteroatoms. The standard InChI is InChI=1S/C22H35ClN4O.HI/c1-4-24-22(27-12-10-17(15-27)16-28-3)25-14-19-8-6-11-26(2)21(19)18-7-5-9-20(23)13-18;/h5,7,9,13,17,19,21H,4,6,8,10-12,14-16H2,1-3H3,(H,24,25);1H. The molecular formula is C22H36ClIN4O. The van der Waals surface area contributed by atoms with Crippen molar-refractivity contribution in [2.75, 3.05) is 53.5 Å². The van der Waals surface area contributed by atoms with Crippen molar-refractivity contribution in [3.05, 3.63) is 34.9 Å². The summed E-state index contributed by atoms with van der Waals surface area (Å²) < 4.78 is 5.35. The summed E-state index contributed by atoms with van der Waals surface area (Å²) in [6.07, 6.45) is 3.61. The Balaban J connectivity index is 0.00000300. The highest BCUT2D eigenvalue weighted by molar-refractivity contribution is 14.0. The molecule has 3 atom stereocenters. The predicted octanol–water partition coefficient (Wildman–Crippen LogP) is 4.27. The van der Waals surface area contributed by atoms with Gasteiger partial charge in [0.05, 0.1) is 6.61 Å². The monoisotopic (exact) mass is 534 g/mol. The summed E-state index contributed by atoms with van der Waals surface area (Å²) in [4.78, 5) is 9.94. The van der Waals surface area contributed by atoms with Gasteiger partial charge in [-0.05, 0) is 63.4 Å². The molecule has 0 spiro atoms. The van der Waals surface area contributed by atoms with Crippen molar-refractivity contribution >= 4 is 41.5 Å². The van der Waals surface area contributed by atoms with E-state index in [2.05, 4.69) is 47.3 Å². The molecule has 0 bridgehead atoms. The van der Waals surface area contributed by atoms with Crippen LogP contribution in [-0.2, 0) is 4.74 Å². The van der Waals surface area contributed by atoms with Crippen LogP contribution in [0.5, 0.6) is 0 Å². The molecule has 2 aliphatic rings. The Kier molecular flexibility index (Phi) is 10.5. The second kappa shape index (κ2) is 12.3. The number of aliphatic imine (C=N–C) groups is 1. The van der Waals surface area contributed by atoms with Crippen LogP contribution in [0.25, 0.3) is 0 Å². The van der Waals surface area contributed by atoms with E-state index < -0.39 is 0 Å². The normalized spacial score (nSPS) is 25.7. The summed E-state index contributed by atoms with van der Waals surface area (Å²) in [6.45, 7) is 7.93. The molecule has 1 aromatic carbocycles. The van der Waals surface area contributed by atoms with E-state index in [1.165, 1.54) is 24.8 Å². The molecule has 0 amide bonds. The Labute approximate surface area is 198 Å². The number of nitrogens with one attached hydrogen (secondary N) is 1. The van der Waals surface area contributed by atoms with Gasteiger partial charge in [0.2, 0.25) is 0 Å². The Bertz CT molecular complexity index is 659. The molecule has 164 valence electrons. The van der Waals surface area contributed by atoms with Crippen LogP contribution in [0.1, 0.15) is 37.8 Å². The maximum Gasteiger partial charge on any atom is 0.193 e. The van der Waals surface area contributed by atoms with Crippen molar-refractivity contribution in [1.29, 1.82) is 0 Å². The van der Waals surface area contributed by atoms with E-state index in [4.69, 9.17) is 21.3 Å². The Morgan fingerprint density at radius 3 is 2.86 bits per heavy atom. The molecule has 2 saturated heterocycles. The molecule has 5 nitrogen and oxygen atoms in total. The van der Waals surface area contributed by atoms with Gasteiger partial charge >= 0.3 is 0 Å². The molecule has 29 heavy (non-hydrogen) atoms. The second-order valence-corrected chi connectivity index (χ2v) is 8.57. The fourth-order valence-electron chi connectivity index (χ4n) is 4.69. The molecule has 2 fully saturated rings. The lowest BCUT2D eigenvalue weighted by Crippen LogP contribution is -2.42. The van der Waals surface area contributed by atoms with Crippen molar-refractivity contribution in [1.82, 2.24) is 15.1 Å². The molecule has 0 aromatic heterocycles. The average molecular weight is 535 g/mol. The van der Waals surface area contributed by atoms with Gasteiger partial charge in [0.15, 0.2) is 5.96 Å². The van der Waals surface area contributed by atoms with E-state index in [-0.39, 0.29) is 24.0 Å². The number of nitrogens with zero attached hydrogens (tertiary/aromatic N) is 3. The van der Waals surface area contributed by atoms with Crippen LogP contribution in [0.15, 0.2) is 29.3 Å². The average Bonchev–Trinajstić information content (AvgIpc) is 3.14. The zero-order chi connectivity index (χ0) is 19.9. The number of hydrogen-bond donors (Lipinski definition) is 1. The first kappa shape index (κ1) is 24.7. The fourth-order valence-corrected chi connectivity index (χ4v) is 4.89. The van der Waals surface area contributed by atoms with E-state index >= 15 is 0 Å². The Morgan fingerprint density at radius 1 is 1.31 bits per heavy atom. The quantitative estimate of drug-likeness (QED) is 0.336. The number of guanidine groups is 1. The second-order valence-electron chi connectivity index (χ2n) is 8.13. The first-order chi connectivity index (χ1) is 13.6. The largest absolute Gasteiger partial charge is 0.384 e. The first-order valence-corrected chi connectivity index (χ1v) is 11.0. The van der Waals surface area contributed by atoms with Crippen molar-refractivity contribution in [3.8, 4) is 0 Å². The van der Waals surface area contributed by atoms with Gasteiger partial charge in [0.1, 0.15) is 0 Å². The molecule has 1 N–H and O–H groups in total. The molecular weight excluding hydrogens is 499 g/mol. The molecule has 3 unspecified atom stereocenters. The number of methoxy groups -OCH3 is 1. The van der Waals surface area contributed by atoms with Gasteiger partial charge in [-0.15, -0.1) is 24.0 Å². The van der Waals surface area contributed by atoms with E-state index in [9.17, 15) is 0 Å². The van der Waals surface area contributed by atoms with Crippen LogP contribution in [0, 0.1) is 11.8 Å². The van der Waals surface area contributed by atoms with Gasteiger partial charge in [-0.3, -0.25) is 9.89 Å². The number of ether oxygens (including phenoxy) is 1. The number of rotatable bonds is 6. The zero-order valence-corrected chi connectivity index (χ0v) is 21.0. The van der Waals surface area contributed by atoms with Gasteiger partial charge in [-0.2, -0.15) is 0 Å². The van der Waals surface area contributed by atoms with Crippen LogP contribution in [0.3, 0.4) is 0 Å². The highest BCUT2D eigenvalue weighted by atomic mass is 127. The van der Waals surface area contributed by atoms with Gasteiger partial charge in [0, 0.05) is 50.3 Å². The van der Waals surface area contributed by atoms with Crippen LogP contribution < -0.4 is 5.32 Å². The fraction of sp³-hybridized carbons (Fsp3) is 0.682. The number of likely N-dealkylation sites (tertiary alicyclic amines) is 2. The minimum atomic E-state index is 0. The molecule has 0 aliphatic carbocycles. The Morgan fingerprint density at radius 2 is 2.14 bits per heavy atom. The maximum atomic E-state index is 6.28. The number of benzene rings is 1. The summed E-state index contributed by atoms with van der Waals surface area (Å²) >= 11 is 6.28. The topological polar surface area (TPSA) is 40.1 Å². The molecule has 2 heterocycles. The van der Waals surface area contributed by atoms with Crippen molar-refractivity contribution in [2.24, 2.45) is 16.8 Å². The summed E-state index contributed by atoms with van der Waals surface area (Å²) in [6, 6.07) is 8.71. The maximum absolute atomic E-state index is 6.28. The molecule has 0 radical (unpaired) electrons. The Hall–Kier alpha value is -0.570. The smallest absolute Gasteiger partial charge is 0.193 e. The minimum absolute atomic E-state index is 0.